The van der Waals surface area contributed by atoms with Gasteiger partial charge < -0.3 is 5.73 Å². The monoisotopic (exact) mass is 154 g/mol. The molecule has 1 aliphatic rings. The van der Waals surface area contributed by atoms with Crippen LogP contribution in [0.1, 0.15) is 23.0 Å². The molecule has 2 rings (SSSR count). The molecule has 0 aromatic carbocycles. The highest BCUT2D eigenvalue weighted by Crippen LogP contribution is 2.38. The van der Waals surface area contributed by atoms with Crippen LogP contribution in [-0.2, 0) is 0 Å². The minimum atomic E-state index is 0.390. The molecule has 54 valence electrons. The van der Waals surface area contributed by atoms with E-state index >= 15 is 0 Å². The molecule has 0 amide bonds. The van der Waals surface area contributed by atoms with Crippen molar-refractivity contribution in [3.8, 4) is 0 Å². The van der Waals surface area contributed by atoms with Gasteiger partial charge in [0, 0.05) is 17.3 Å². The number of hydrogen-bond donors (Lipinski definition) is 1. The molecule has 3 heteroatoms. The van der Waals surface area contributed by atoms with Crippen LogP contribution in [0, 0.1) is 6.92 Å². The molecule has 1 aliphatic carbocycles. The molecule has 0 bridgehead atoms. The van der Waals surface area contributed by atoms with E-state index in [9.17, 15) is 0 Å². The van der Waals surface area contributed by atoms with Crippen molar-refractivity contribution in [3.05, 3.63) is 16.1 Å². The molecule has 1 fully saturated rings. The fourth-order valence-electron chi connectivity index (χ4n) is 1.11. The molecule has 0 unspecified atom stereocenters. The number of hydrogen-bond acceptors (Lipinski definition) is 3. The van der Waals surface area contributed by atoms with E-state index < -0.39 is 0 Å². The Morgan fingerprint density at radius 2 is 2.50 bits per heavy atom. The van der Waals surface area contributed by atoms with Gasteiger partial charge in [-0.15, -0.1) is 11.3 Å². The zero-order valence-corrected chi connectivity index (χ0v) is 6.69. The Bertz CT molecular complexity index is 244. The topological polar surface area (TPSA) is 38.9 Å². The molecule has 0 aliphatic heterocycles. The van der Waals surface area contributed by atoms with Crippen LogP contribution >= 0.6 is 11.3 Å². The van der Waals surface area contributed by atoms with E-state index in [1.165, 1.54) is 5.69 Å². The molecule has 1 saturated carbocycles. The van der Waals surface area contributed by atoms with Gasteiger partial charge in [0.25, 0.3) is 0 Å². The first-order valence-electron chi connectivity index (χ1n) is 3.45. The third-order valence-electron chi connectivity index (χ3n) is 1.86. The lowest BCUT2D eigenvalue weighted by Crippen LogP contribution is -2.00. The van der Waals surface area contributed by atoms with E-state index in [2.05, 4.69) is 10.4 Å². The van der Waals surface area contributed by atoms with E-state index in [-0.39, 0.29) is 0 Å². The second kappa shape index (κ2) is 2.04. The van der Waals surface area contributed by atoms with Crippen molar-refractivity contribution in [1.29, 1.82) is 0 Å². The van der Waals surface area contributed by atoms with Crippen LogP contribution in [0.2, 0.25) is 0 Å². The van der Waals surface area contributed by atoms with Crippen LogP contribution in [-0.4, -0.2) is 11.0 Å². The summed E-state index contributed by atoms with van der Waals surface area (Å²) in [6, 6.07) is 0.390. The molecular weight excluding hydrogens is 144 g/mol. The summed E-state index contributed by atoms with van der Waals surface area (Å²) in [5, 5.41) is 3.27. The molecular formula is C7H10N2S. The van der Waals surface area contributed by atoms with Crippen LogP contribution in [0.4, 0.5) is 0 Å². The Kier molecular flexibility index (Phi) is 1.28. The van der Waals surface area contributed by atoms with Crippen molar-refractivity contribution < 1.29 is 0 Å². The lowest BCUT2D eigenvalue weighted by Gasteiger charge is -1.86. The Morgan fingerprint density at radius 1 is 1.80 bits per heavy atom. The van der Waals surface area contributed by atoms with E-state index in [0.717, 1.165) is 11.4 Å². The number of aryl methyl sites for hydroxylation is 1. The normalized spacial score (nSPS) is 30.6. The average Bonchev–Trinajstić information content (AvgIpc) is 2.42. The van der Waals surface area contributed by atoms with Crippen molar-refractivity contribution in [3.63, 3.8) is 0 Å². The fraction of sp³-hybridized carbons (Fsp3) is 0.571. The number of thiazole rings is 1. The lowest BCUT2D eigenvalue weighted by atomic mass is 10.3. The Balaban J connectivity index is 2.20. The summed E-state index contributed by atoms with van der Waals surface area (Å²) in [5.41, 5.74) is 6.88. The van der Waals surface area contributed by atoms with Crippen molar-refractivity contribution in [2.45, 2.75) is 25.3 Å². The quantitative estimate of drug-likeness (QED) is 0.661. The molecule has 1 heterocycles. The standard InChI is InChI=1S/C7H10N2S/c1-4-9-7(3-10-4)5-2-6(5)8/h3,5-6H,2,8H2,1H3/t5-,6-/m1/s1. The van der Waals surface area contributed by atoms with Crippen LogP contribution in [0.5, 0.6) is 0 Å². The smallest absolute Gasteiger partial charge is 0.0897 e. The third-order valence-corrected chi connectivity index (χ3v) is 2.65. The predicted octanol–water partition coefficient (Wildman–Crippen LogP) is 1.27. The minimum absolute atomic E-state index is 0.390. The van der Waals surface area contributed by atoms with Crippen molar-refractivity contribution in [2.24, 2.45) is 5.73 Å². The Labute approximate surface area is 64.1 Å². The number of nitrogens with zero attached hydrogens (tertiary/aromatic N) is 1. The van der Waals surface area contributed by atoms with Crippen LogP contribution < -0.4 is 5.73 Å². The number of nitrogens with two attached hydrogens (primary N) is 1. The predicted molar refractivity (Wildman–Crippen MR) is 42.2 cm³/mol. The summed E-state index contributed by atoms with van der Waals surface area (Å²) in [6.45, 7) is 2.03. The zero-order chi connectivity index (χ0) is 7.14. The van der Waals surface area contributed by atoms with E-state index in [4.69, 9.17) is 5.73 Å². The Morgan fingerprint density at radius 3 is 2.90 bits per heavy atom. The van der Waals surface area contributed by atoms with Crippen molar-refractivity contribution >= 4 is 11.3 Å². The van der Waals surface area contributed by atoms with Crippen molar-refractivity contribution in [2.75, 3.05) is 0 Å². The average molecular weight is 154 g/mol. The maximum Gasteiger partial charge on any atom is 0.0897 e. The highest BCUT2D eigenvalue weighted by molar-refractivity contribution is 7.09. The van der Waals surface area contributed by atoms with Crippen molar-refractivity contribution in [1.82, 2.24) is 4.98 Å². The van der Waals surface area contributed by atoms with Gasteiger partial charge in [0.05, 0.1) is 10.7 Å². The summed E-state index contributed by atoms with van der Waals surface area (Å²) in [5.74, 6) is 0.574. The highest BCUT2D eigenvalue weighted by atomic mass is 32.1. The summed E-state index contributed by atoms with van der Waals surface area (Å²) in [7, 11) is 0. The van der Waals surface area contributed by atoms with Crippen LogP contribution in [0.3, 0.4) is 0 Å². The largest absolute Gasteiger partial charge is 0.327 e. The highest BCUT2D eigenvalue weighted by Gasteiger charge is 2.36. The molecule has 2 atom stereocenters. The summed E-state index contributed by atoms with van der Waals surface area (Å²) < 4.78 is 0. The molecule has 0 saturated heterocycles. The first kappa shape index (κ1) is 6.31. The van der Waals surface area contributed by atoms with Gasteiger partial charge >= 0.3 is 0 Å². The molecule has 2 nitrogen and oxygen atoms in total. The van der Waals surface area contributed by atoms with Gasteiger partial charge in [0.15, 0.2) is 0 Å². The molecule has 10 heavy (non-hydrogen) atoms. The first-order valence-corrected chi connectivity index (χ1v) is 4.33. The molecule has 0 spiro atoms. The molecule has 1 aromatic heterocycles. The SMILES string of the molecule is Cc1nc([C@@H]2C[C@H]2N)cs1. The molecule has 0 radical (unpaired) electrons. The van der Waals surface area contributed by atoms with Gasteiger partial charge in [-0.2, -0.15) is 0 Å². The summed E-state index contributed by atoms with van der Waals surface area (Å²) in [4.78, 5) is 4.36. The van der Waals surface area contributed by atoms with Crippen LogP contribution in [0.25, 0.3) is 0 Å². The van der Waals surface area contributed by atoms with Gasteiger partial charge in [0.1, 0.15) is 0 Å². The Hall–Kier alpha value is -0.410. The maximum atomic E-state index is 5.67. The van der Waals surface area contributed by atoms with E-state index in [0.29, 0.717) is 12.0 Å². The molecule has 2 N–H and O–H groups in total. The van der Waals surface area contributed by atoms with Gasteiger partial charge in [-0.05, 0) is 13.3 Å². The lowest BCUT2D eigenvalue weighted by molar-refractivity contribution is 0.951. The fourth-order valence-corrected chi connectivity index (χ4v) is 1.78. The number of aromatic nitrogens is 1. The number of rotatable bonds is 1. The summed E-state index contributed by atoms with van der Waals surface area (Å²) >= 11 is 1.71. The third kappa shape index (κ3) is 0.954. The summed E-state index contributed by atoms with van der Waals surface area (Å²) in [6.07, 6.45) is 1.13. The van der Waals surface area contributed by atoms with Crippen LogP contribution in [0.15, 0.2) is 5.38 Å². The van der Waals surface area contributed by atoms with Gasteiger partial charge in [0.2, 0.25) is 0 Å². The van der Waals surface area contributed by atoms with Gasteiger partial charge in [-0.3, -0.25) is 0 Å². The second-order valence-corrected chi connectivity index (χ2v) is 3.86. The zero-order valence-electron chi connectivity index (χ0n) is 5.87. The first-order chi connectivity index (χ1) is 4.77. The minimum Gasteiger partial charge on any atom is -0.327 e. The second-order valence-electron chi connectivity index (χ2n) is 2.80. The van der Waals surface area contributed by atoms with Gasteiger partial charge in [-0.25, -0.2) is 4.98 Å². The van der Waals surface area contributed by atoms with Gasteiger partial charge in [-0.1, -0.05) is 0 Å². The van der Waals surface area contributed by atoms with E-state index in [1.807, 2.05) is 6.92 Å². The van der Waals surface area contributed by atoms with E-state index in [1.54, 1.807) is 11.3 Å². The maximum absolute atomic E-state index is 5.67. The molecule has 1 aromatic rings.